The van der Waals surface area contributed by atoms with Gasteiger partial charge in [-0.25, -0.2) is 0 Å². The molecule has 0 saturated heterocycles. The molecular weight excluding hydrogens is 252 g/mol. The Morgan fingerprint density at radius 3 is 2.94 bits per heavy atom. The molecule has 0 radical (unpaired) electrons. The first-order valence-electron chi connectivity index (χ1n) is 5.66. The van der Waals surface area contributed by atoms with Gasteiger partial charge in [-0.15, -0.1) is 6.58 Å². The summed E-state index contributed by atoms with van der Waals surface area (Å²) in [6.45, 7) is 4.43. The molecule has 18 heavy (non-hydrogen) atoms. The van der Waals surface area contributed by atoms with E-state index in [1.165, 1.54) is 0 Å². The van der Waals surface area contributed by atoms with Gasteiger partial charge in [0.05, 0.1) is 5.02 Å². The lowest BCUT2D eigenvalue weighted by Gasteiger charge is -2.09. The van der Waals surface area contributed by atoms with Gasteiger partial charge in [-0.3, -0.25) is 4.79 Å². The lowest BCUT2D eigenvalue weighted by molar-refractivity contribution is -0.122. The van der Waals surface area contributed by atoms with Crippen molar-refractivity contribution in [3.63, 3.8) is 0 Å². The second-order valence-electron chi connectivity index (χ2n) is 3.68. The van der Waals surface area contributed by atoms with Gasteiger partial charge in [0.15, 0.2) is 6.61 Å². The Labute approximate surface area is 112 Å². The zero-order valence-electron chi connectivity index (χ0n) is 10.1. The highest BCUT2D eigenvalue weighted by atomic mass is 35.5. The van der Waals surface area contributed by atoms with Crippen molar-refractivity contribution in [2.24, 2.45) is 5.73 Å². The van der Waals surface area contributed by atoms with Gasteiger partial charge in [0.1, 0.15) is 5.75 Å². The maximum Gasteiger partial charge on any atom is 0.258 e. The molecule has 0 bridgehead atoms. The van der Waals surface area contributed by atoms with E-state index < -0.39 is 0 Å². The Balaban J connectivity index is 2.52. The molecule has 0 fully saturated rings. The minimum absolute atomic E-state index is 0.0657. The van der Waals surface area contributed by atoms with Gasteiger partial charge >= 0.3 is 0 Å². The first-order chi connectivity index (χ1) is 8.67. The molecule has 0 aromatic heterocycles. The van der Waals surface area contributed by atoms with Gasteiger partial charge in [0.25, 0.3) is 5.91 Å². The number of carbonyl (C=O) groups is 1. The Bertz CT molecular complexity index is 421. The second kappa shape index (κ2) is 7.74. The van der Waals surface area contributed by atoms with E-state index in [-0.39, 0.29) is 12.5 Å². The van der Waals surface area contributed by atoms with E-state index in [2.05, 4.69) is 11.9 Å². The molecule has 98 valence electrons. The van der Waals surface area contributed by atoms with Crippen LogP contribution in [-0.4, -0.2) is 25.6 Å². The van der Waals surface area contributed by atoms with Crippen molar-refractivity contribution in [2.45, 2.75) is 6.42 Å². The summed E-state index contributed by atoms with van der Waals surface area (Å²) in [5.41, 5.74) is 6.51. The standard InChI is InChI=1S/C13H17ClN2O2/c1-2-7-16-13(17)9-18-12-4-3-10(5-6-15)8-11(12)14/h2-4,8H,1,5-7,9,15H2,(H,16,17). The zero-order valence-corrected chi connectivity index (χ0v) is 10.9. The van der Waals surface area contributed by atoms with Crippen molar-refractivity contribution >= 4 is 17.5 Å². The van der Waals surface area contributed by atoms with Gasteiger partial charge in [-0.2, -0.15) is 0 Å². The van der Waals surface area contributed by atoms with E-state index in [1.54, 1.807) is 18.2 Å². The number of amides is 1. The van der Waals surface area contributed by atoms with Gasteiger partial charge in [0.2, 0.25) is 0 Å². The lowest BCUT2D eigenvalue weighted by Crippen LogP contribution is -2.28. The third kappa shape index (κ3) is 4.77. The van der Waals surface area contributed by atoms with Gasteiger partial charge in [-0.1, -0.05) is 23.7 Å². The molecule has 0 spiro atoms. The minimum atomic E-state index is -0.211. The summed E-state index contributed by atoms with van der Waals surface area (Å²) < 4.78 is 5.32. The first-order valence-corrected chi connectivity index (χ1v) is 6.04. The van der Waals surface area contributed by atoms with E-state index in [0.717, 1.165) is 12.0 Å². The number of rotatable bonds is 7. The van der Waals surface area contributed by atoms with E-state index in [9.17, 15) is 4.79 Å². The predicted octanol–water partition coefficient (Wildman–Crippen LogP) is 1.52. The highest BCUT2D eigenvalue weighted by molar-refractivity contribution is 6.32. The zero-order chi connectivity index (χ0) is 13.4. The van der Waals surface area contributed by atoms with Gasteiger partial charge < -0.3 is 15.8 Å². The molecule has 0 saturated carbocycles. The summed E-state index contributed by atoms with van der Waals surface area (Å²) in [7, 11) is 0. The van der Waals surface area contributed by atoms with E-state index >= 15 is 0 Å². The lowest BCUT2D eigenvalue weighted by atomic mass is 10.1. The average molecular weight is 269 g/mol. The number of ether oxygens (including phenoxy) is 1. The number of halogens is 1. The van der Waals surface area contributed by atoms with Crippen LogP contribution in [0.15, 0.2) is 30.9 Å². The maximum atomic E-state index is 11.3. The van der Waals surface area contributed by atoms with Crippen LogP contribution in [0.2, 0.25) is 5.02 Å². The van der Waals surface area contributed by atoms with Crippen molar-refractivity contribution in [1.29, 1.82) is 0 Å². The Kier molecular flexibility index (Phi) is 6.25. The summed E-state index contributed by atoms with van der Waals surface area (Å²) >= 11 is 6.04. The van der Waals surface area contributed by atoms with Crippen LogP contribution >= 0.6 is 11.6 Å². The van der Waals surface area contributed by atoms with Crippen LogP contribution in [0.1, 0.15) is 5.56 Å². The third-order valence-corrected chi connectivity index (χ3v) is 2.53. The van der Waals surface area contributed by atoms with Crippen molar-refractivity contribution in [3.05, 3.63) is 41.4 Å². The molecule has 0 atom stereocenters. The number of carbonyl (C=O) groups excluding carboxylic acids is 1. The molecule has 0 unspecified atom stereocenters. The van der Waals surface area contributed by atoms with Gasteiger partial charge in [-0.05, 0) is 30.7 Å². The first kappa shape index (κ1) is 14.5. The highest BCUT2D eigenvalue weighted by Crippen LogP contribution is 2.25. The number of benzene rings is 1. The number of nitrogens with one attached hydrogen (secondary N) is 1. The number of nitrogens with two attached hydrogens (primary N) is 1. The molecule has 1 aromatic rings. The van der Waals surface area contributed by atoms with E-state index in [1.807, 2.05) is 6.07 Å². The van der Waals surface area contributed by atoms with Crippen molar-refractivity contribution in [2.75, 3.05) is 19.7 Å². The largest absolute Gasteiger partial charge is 0.482 e. The maximum absolute atomic E-state index is 11.3. The molecule has 0 aliphatic carbocycles. The van der Waals surface area contributed by atoms with E-state index in [4.69, 9.17) is 22.1 Å². The normalized spacial score (nSPS) is 9.89. The minimum Gasteiger partial charge on any atom is -0.482 e. The van der Waals surface area contributed by atoms with Crippen molar-refractivity contribution < 1.29 is 9.53 Å². The monoisotopic (exact) mass is 268 g/mol. The smallest absolute Gasteiger partial charge is 0.258 e. The van der Waals surface area contributed by atoms with Crippen LogP contribution in [-0.2, 0) is 11.2 Å². The van der Waals surface area contributed by atoms with Crippen molar-refractivity contribution in [3.8, 4) is 5.75 Å². The highest BCUT2D eigenvalue weighted by Gasteiger charge is 2.06. The van der Waals surface area contributed by atoms with Crippen LogP contribution in [0.25, 0.3) is 0 Å². The van der Waals surface area contributed by atoms with Crippen LogP contribution in [0.5, 0.6) is 5.75 Å². The fraction of sp³-hybridized carbons (Fsp3) is 0.308. The molecule has 1 aromatic carbocycles. The fourth-order valence-corrected chi connectivity index (χ4v) is 1.62. The van der Waals surface area contributed by atoms with Crippen LogP contribution in [0.3, 0.4) is 0 Å². The molecule has 4 nitrogen and oxygen atoms in total. The Morgan fingerprint density at radius 2 is 2.33 bits per heavy atom. The molecule has 1 amide bonds. The van der Waals surface area contributed by atoms with E-state index in [0.29, 0.717) is 23.9 Å². The Morgan fingerprint density at radius 1 is 1.56 bits per heavy atom. The number of hydrogen-bond acceptors (Lipinski definition) is 3. The van der Waals surface area contributed by atoms with Crippen LogP contribution in [0.4, 0.5) is 0 Å². The molecule has 5 heteroatoms. The van der Waals surface area contributed by atoms with Gasteiger partial charge in [0, 0.05) is 6.54 Å². The molecule has 0 heterocycles. The quantitative estimate of drug-likeness (QED) is 0.737. The summed E-state index contributed by atoms with van der Waals surface area (Å²) in [4.78, 5) is 11.3. The average Bonchev–Trinajstić information content (AvgIpc) is 2.35. The van der Waals surface area contributed by atoms with Crippen LogP contribution in [0, 0.1) is 0 Å². The van der Waals surface area contributed by atoms with Crippen LogP contribution < -0.4 is 15.8 Å². The Hall–Kier alpha value is -1.52. The predicted molar refractivity (Wildman–Crippen MR) is 72.9 cm³/mol. The second-order valence-corrected chi connectivity index (χ2v) is 4.09. The molecule has 1 rings (SSSR count). The van der Waals surface area contributed by atoms with Crippen molar-refractivity contribution in [1.82, 2.24) is 5.32 Å². The molecule has 3 N–H and O–H groups in total. The molecule has 0 aliphatic rings. The summed E-state index contributed by atoms with van der Waals surface area (Å²) in [6, 6.07) is 5.43. The summed E-state index contributed by atoms with van der Waals surface area (Å²) in [5.74, 6) is 0.281. The fourth-order valence-electron chi connectivity index (χ4n) is 1.36. The summed E-state index contributed by atoms with van der Waals surface area (Å²) in [6.07, 6.45) is 2.37. The number of hydrogen-bond donors (Lipinski definition) is 2. The SMILES string of the molecule is C=CCNC(=O)COc1ccc(CCN)cc1Cl. The third-order valence-electron chi connectivity index (χ3n) is 2.23. The molecular formula is C13H17ClN2O2. The summed E-state index contributed by atoms with van der Waals surface area (Å²) in [5, 5.41) is 3.10. The molecule has 0 aliphatic heterocycles. The topological polar surface area (TPSA) is 64.3 Å².